The van der Waals surface area contributed by atoms with Gasteiger partial charge in [-0.2, -0.15) is 0 Å². The van der Waals surface area contributed by atoms with Crippen LogP contribution in [0.15, 0.2) is 47.6 Å². The Labute approximate surface area is 184 Å². The summed E-state index contributed by atoms with van der Waals surface area (Å²) in [5.74, 6) is 3.13. The van der Waals surface area contributed by atoms with Gasteiger partial charge in [-0.3, -0.25) is 4.79 Å². The molecule has 0 fully saturated rings. The number of hydrogen-bond acceptors (Lipinski definition) is 7. The summed E-state index contributed by atoms with van der Waals surface area (Å²) < 4.78 is 18.5. The van der Waals surface area contributed by atoms with E-state index in [4.69, 9.17) is 14.2 Å². The van der Waals surface area contributed by atoms with Crippen LogP contribution in [0.3, 0.4) is 0 Å². The van der Waals surface area contributed by atoms with Crippen molar-refractivity contribution in [2.75, 3.05) is 26.1 Å². The highest BCUT2D eigenvalue weighted by molar-refractivity contribution is 7.99. The third-order valence-electron chi connectivity index (χ3n) is 4.82. The molecule has 31 heavy (non-hydrogen) atoms. The molecular weight excluding hydrogens is 416 g/mol. The van der Waals surface area contributed by atoms with E-state index in [1.165, 1.54) is 11.8 Å². The molecule has 9 heteroatoms. The number of methoxy groups -OCH3 is 1. The summed E-state index contributed by atoms with van der Waals surface area (Å²) in [6.45, 7) is 1.74. The van der Waals surface area contributed by atoms with Crippen molar-refractivity contribution >= 4 is 17.7 Å². The first-order chi connectivity index (χ1) is 15.1. The summed E-state index contributed by atoms with van der Waals surface area (Å²) in [6, 6.07) is 13.3. The molecule has 162 valence electrons. The van der Waals surface area contributed by atoms with Gasteiger partial charge in [0, 0.05) is 25.6 Å². The van der Waals surface area contributed by atoms with Gasteiger partial charge in [0.1, 0.15) is 5.75 Å². The first kappa shape index (κ1) is 21.0. The maximum Gasteiger partial charge on any atom is 0.230 e. The molecule has 4 rings (SSSR count). The number of carbonyl (C=O) groups excluding carboxylic acids is 1. The first-order valence-electron chi connectivity index (χ1n) is 9.96. The average Bonchev–Trinajstić information content (AvgIpc) is 3.01. The molecule has 2 heterocycles. The van der Waals surface area contributed by atoms with Crippen LogP contribution in [0.4, 0.5) is 0 Å². The number of aromatic nitrogens is 3. The molecule has 1 aliphatic heterocycles. The summed E-state index contributed by atoms with van der Waals surface area (Å²) in [6.07, 6.45) is 0.856. The Balaban J connectivity index is 1.35. The Morgan fingerprint density at radius 1 is 1.13 bits per heavy atom. The zero-order valence-corrected chi connectivity index (χ0v) is 18.3. The van der Waals surface area contributed by atoms with E-state index in [-0.39, 0.29) is 11.7 Å². The molecule has 0 saturated heterocycles. The number of carbonyl (C=O) groups is 1. The highest BCUT2D eigenvalue weighted by atomic mass is 32.2. The third kappa shape index (κ3) is 5.11. The summed E-state index contributed by atoms with van der Waals surface area (Å²) in [5.41, 5.74) is 1.89. The molecular formula is C22H24N4O4S. The fourth-order valence-corrected chi connectivity index (χ4v) is 3.86. The summed E-state index contributed by atoms with van der Waals surface area (Å²) in [4.78, 5) is 12.2. The SMILES string of the molecule is COc1ccc(CNC(=O)CSc2nnc(-c3ccc4c(c3)OCCCO4)n2C)cc1. The lowest BCUT2D eigenvalue weighted by Gasteiger charge is -2.09. The molecule has 1 aliphatic rings. The van der Waals surface area contributed by atoms with Gasteiger partial charge in [0.15, 0.2) is 22.5 Å². The van der Waals surface area contributed by atoms with E-state index in [9.17, 15) is 4.79 Å². The number of thioether (sulfide) groups is 1. The van der Waals surface area contributed by atoms with Gasteiger partial charge < -0.3 is 24.1 Å². The Kier molecular flexibility index (Phi) is 6.61. The van der Waals surface area contributed by atoms with Crippen LogP contribution in [0.5, 0.6) is 17.2 Å². The molecule has 0 bridgehead atoms. The Morgan fingerprint density at radius 3 is 2.68 bits per heavy atom. The molecule has 2 aromatic carbocycles. The Bertz CT molecular complexity index is 1050. The lowest BCUT2D eigenvalue weighted by molar-refractivity contribution is -0.118. The topological polar surface area (TPSA) is 87.5 Å². The second kappa shape index (κ2) is 9.74. The van der Waals surface area contributed by atoms with E-state index >= 15 is 0 Å². The van der Waals surface area contributed by atoms with Crippen molar-refractivity contribution in [3.63, 3.8) is 0 Å². The number of amides is 1. The molecule has 0 saturated carbocycles. The van der Waals surface area contributed by atoms with E-state index in [0.29, 0.717) is 36.5 Å². The summed E-state index contributed by atoms with van der Waals surface area (Å²) >= 11 is 1.35. The van der Waals surface area contributed by atoms with Gasteiger partial charge in [0.25, 0.3) is 0 Å². The lowest BCUT2D eigenvalue weighted by Crippen LogP contribution is -2.24. The van der Waals surface area contributed by atoms with Gasteiger partial charge >= 0.3 is 0 Å². The maximum atomic E-state index is 12.2. The Morgan fingerprint density at radius 2 is 1.90 bits per heavy atom. The van der Waals surface area contributed by atoms with Crippen LogP contribution in [0.1, 0.15) is 12.0 Å². The van der Waals surface area contributed by atoms with Crippen molar-refractivity contribution in [1.29, 1.82) is 0 Å². The first-order valence-corrected chi connectivity index (χ1v) is 10.9. The summed E-state index contributed by atoms with van der Waals surface area (Å²) in [5, 5.41) is 12.1. The van der Waals surface area contributed by atoms with Gasteiger partial charge in [-0.25, -0.2) is 0 Å². The van der Waals surface area contributed by atoms with Gasteiger partial charge in [0.05, 0.1) is 26.1 Å². The number of hydrogen-bond donors (Lipinski definition) is 1. The van der Waals surface area contributed by atoms with Crippen LogP contribution < -0.4 is 19.5 Å². The van der Waals surface area contributed by atoms with Crippen LogP contribution >= 0.6 is 11.8 Å². The predicted molar refractivity (Wildman–Crippen MR) is 118 cm³/mol. The minimum absolute atomic E-state index is 0.0686. The Hall–Kier alpha value is -3.20. The van der Waals surface area contributed by atoms with Crippen LogP contribution in [0, 0.1) is 0 Å². The number of rotatable bonds is 7. The molecule has 0 radical (unpaired) electrons. The van der Waals surface area contributed by atoms with Crippen LogP contribution in [0.2, 0.25) is 0 Å². The van der Waals surface area contributed by atoms with E-state index in [1.54, 1.807) is 7.11 Å². The standard InChI is InChI=1S/C22H24N4O4S/c1-26-21(16-6-9-18-19(12-16)30-11-3-10-29-18)24-25-22(26)31-14-20(27)23-13-15-4-7-17(28-2)8-5-15/h4-9,12H,3,10-11,13-14H2,1-2H3,(H,23,27). The fourth-order valence-electron chi connectivity index (χ4n) is 3.12. The minimum atomic E-state index is -0.0686. The van der Waals surface area contributed by atoms with Crippen molar-refractivity contribution in [1.82, 2.24) is 20.1 Å². The van der Waals surface area contributed by atoms with Crippen molar-refractivity contribution in [2.45, 2.75) is 18.1 Å². The zero-order chi connectivity index (χ0) is 21.6. The molecule has 0 atom stereocenters. The molecule has 1 aromatic heterocycles. The van der Waals surface area contributed by atoms with E-state index in [1.807, 2.05) is 54.1 Å². The smallest absolute Gasteiger partial charge is 0.230 e. The zero-order valence-electron chi connectivity index (χ0n) is 17.5. The van der Waals surface area contributed by atoms with Gasteiger partial charge in [-0.15, -0.1) is 10.2 Å². The summed E-state index contributed by atoms with van der Waals surface area (Å²) in [7, 11) is 3.51. The van der Waals surface area contributed by atoms with Crippen LogP contribution in [-0.4, -0.2) is 46.7 Å². The van der Waals surface area contributed by atoms with E-state index in [2.05, 4.69) is 15.5 Å². The van der Waals surface area contributed by atoms with Gasteiger partial charge in [-0.05, 0) is 35.9 Å². The predicted octanol–water partition coefficient (Wildman–Crippen LogP) is 3.06. The van der Waals surface area contributed by atoms with Crippen molar-refractivity contribution in [3.8, 4) is 28.6 Å². The molecule has 0 spiro atoms. The molecule has 0 unspecified atom stereocenters. The van der Waals surface area contributed by atoms with Gasteiger partial charge in [0.2, 0.25) is 5.91 Å². The monoisotopic (exact) mass is 440 g/mol. The van der Waals surface area contributed by atoms with Crippen molar-refractivity contribution in [2.24, 2.45) is 7.05 Å². The van der Waals surface area contributed by atoms with Crippen LogP contribution in [0.25, 0.3) is 11.4 Å². The normalized spacial score (nSPS) is 12.8. The van der Waals surface area contributed by atoms with Crippen molar-refractivity contribution in [3.05, 3.63) is 48.0 Å². The number of benzene rings is 2. The lowest BCUT2D eigenvalue weighted by atomic mass is 10.2. The van der Waals surface area contributed by atoms with Crippen molar-refractivity contribution < 1.29 is 19.0 Å². The minimum Gasteiger partial charge on any atom is -0.497 e. The number of nitrogens with zero attached hydrogens (tertiary/aromatic N) is 3. The molecule has 1 amide bonds. The maximum absolute atomic E-state index is 12.2. The number of fused-ring (bicyclic) bond motifs is 1. The number of nitrogens with one attached hydrogen (secondary N) is 1. The quantitative estimate of drug-likeness (QED) is 0.565. The molecule has 0 aliphatic carbocycles. The number of ether oxygens (including phenoxy) is 3. The third-order valence-corrected chi connectivity index (χ3v) is 5.84. The molecule has 3 aromatic rings. The van der Waals surface area contributed by atoms with E-state index < -0.39 is 0 Å². The van der Waals surface area contributed by atoms with Crippen LogP contribution in [-0.2, 0) is 18.4 Å². The largest absolute Gasteiger partial charge is 0.497 e. The average molecular weight is 441 g/mol. The molecule has 8 nitrogen and oxygen atoms in total. The second-order valence-corrected chi connectivity index (χ2v) is 7.93. The second-order valence-electron chi connectivity index (χ2n) is 6.99. The fraction of sp³-hybridized carbons (Fsp3) is 0.318. The highest BCUT2D eigenvalue weighted by Crippen LogP contribution is 2.34. The van der Waals surface area contributed by atoms with E-state index in [0.717, 1.165) is 29.0 Å². The highest BCUT2D eigenvalue weighted by Gasteiger charge is 2.16. The van der Waals surface area contributed by atoms with Gasteiger partial charge in [-0.1, -0.05) is 23.9 Å². The molecule has 1 N–H and O–H groups in total.